The second kappa shape index (κ2) is 12.4. The van der Waals surface area contributed by atoms with Gasteiger partial charge in [-0.3, -0.25) is 9.48 Å². The summed E-state index contributed by atoms with van der Waals surface area (Å²) in [5, 5.41) is 13.6. The lowest BCUT2D eigenvalue weighted by atomic mass is 10.1. The fourth-order valence-electron chi connectivity index (χ4n) is 3.85. The summed E-state index contributed by atoms with van der Waals surface area (Å²) in [6.45, 7) is 7.27. The maximum atomic E-state index is 12.4. The van der Waals surface area contributed by atoms with Crippen LogP contribution in [0.15, 0.2) is 55.0 Å². The largest absolute Gasteiger partial charge is 0.492 e. The average Bonchev–Trinajstić information content (AvgIpc) is 3.35. The molecule has 2 amide bonds. The minimum Gasteiger partial charge on any atom is -0.492 e. The van der Waals surface area contributed by atoms with Crippen molar-refractivity contribution in [2.24, 2.45) is 7.05 Å². The number of fused-ring (bicyclic) bond motifs is 1. The summed E-state index contributed by atoms with van der Waals surface area (Å²) in [7, 11) is 1.85. The first-order valence-electron chi connectivity index (χ1n) is 13.0. The number of ether oxygens (including phenoxy) is 2. The molecule has 41 heavy (non-hydrogen) atoms. The fraction of sp³-hybridized carbons (Fsp3) is 0.300. The molecule has 2 aromatic carbocycles. The Morgan fingerprint density at radius 2 is 1.93 bits per heavy atom. The molecule has 4 aromatic rings. The van der Waals surface area contributed by atoms with Crippen molar-refractivity contribution in [1.82, 2.24) is 30.4 Å². The molecule has 0 aliphatic rings. The van der Waals surface area contributed by atoms with E-state index in [1.165, 1.54) is 0 Å². The lowest BCUT2D eigenvalue weighted by Gasteiger charge is -2.21. The van der Waals surface area contributed by atoms with Gasteiger partial charge in [-0.1, -0.05) is 5.92 Å². The smallest absolute Gasteiger partial charge is 0.408 e. The predicted molar refractivity (Wildman–Crippen MR) is 157 cm³/mol. The molecule has 0 spiro atoms. The molecule has 2 heterocycles. The molecule has 0 aliphatic carbocycles. The maximum Gasteiger partial charge on any atom is 0.408 e. The molecule has 0 fully saturated rings. The molecule has 0 saturated heterocycles. The van der Waals surface area contributed by atoms with Crippen LogP contribution < -0.4 is 20.7 Å². The zero-order chi connectivity index (χ0) is 29.6. The van der Waals surface area contributed by atoms with Gasteiger partial charge in [0.1, 0.15) is 24.0 Å². The van der Waals surface area contributed by atoms with Crippen molar-refractivity contribution >= 4 is 34.5 Å². The first-order chi connectivity index (χ1) is 19.5. The number of aromatic nitrogens is 4. The van der Waals surface area contributed by atoms with Crippen LogP contribution in [-0.4, -0.2) is 56.5 Å². The van der Waals surface area contributed by atoms with Gasteiger partial charge in [0.15, 0.2) is 0 Å². The molecule has 0 unspecified atom stereocenters. The number of nitrogens with zero attached hydrogens (tertiary/aromatic N) is 4. The van der Waals surface area contributed by atoms with E-state index in [0.717, 1.165) is 27.6 Å². The van der Waals surface area contributed by atoms with Crippen LogP contribution in [0.2, 0.25) is 0 Å². The van der Waals surface area contributed by atoms with Crippen LogP contribution in [0.5, 0.6) is 5.75 Å². The number of hydrogen-bond donors (Lipinski definition) is 3. The van der Waals surface area contributed by atoms with Gasteiger partial charge in [-0.05, 0) is 63.6 Å². The minimum atomic E-state index is -0.769. The standard InChI is InChI=1S/C30H33N7O4/c1-7-20-8-9-26-22(12-20)16-32-28(36-26)35-24-13-21(23-17-33-37(6)18-23)14-25(15-24)40-11-10-31-27(38)19(2)34-29(39)41-30(3,4)5/h1,8-9,12-19H,10-11H2,2-6H3,(H,31,38)(H,34,39)(H,32,35,36)/t19-/m1/s1. The zero-order valence-electron chi connectivity index (χ0n) is 23.7. The van der Waals surface area contributed by atoms with Gasteiger partial charge in [0.25, 0.3) is 0 Å². The number of rotatable bonds is 9. The number of hydrogen-bond acceptors (Lipinski definition) is 8. The molecule has 0 bridgehead atoms. The summed E-state index contributed by atoms with van der Waals surface area (Å²) in [4.78, 5) is 33.4. The lowest BCUT2D eigenvalue weighted by Crippen LogP contribution is -2.47. The molecule has 3 N–H and O–H groups in total. The average molecular weight is 556 g/mol. The Morgan fingerprint density at radius 3 is 2.63 bits per heavy atom. The fourth-order valence-corrected chi connectivity index (χ4v) is 3.85. The maximum absolute atomic E-state index is 12.4. The van der Waals surface area contributed by atoms with Crippen LogP contribution in [0.25, 0.3) is 22.0 Å². The number of amides is 2. The van der Waals surface area contributed by atoms with Crippen LogP contribution in [0.3, 0.4) is 0 Å². The van der Waals surface area contributed by atoms with E-state index in [0.29, 0.717) is 17.4 Å². The normalized spacial score (nSPS) is 11.8. The number of aryl methyl sites for hydroxylation is 1. The Balaban J connectivity index is 1.42. The second-order valence-electron chi connectivity index (χ2n) is 10.4. The Hall–Kier alpha value is -5.11. The Labute approximate surface area is 238 Å². The van der Waals surface area contributed by atoms with Crippen molar-refractivity contribution in [3.8, 4) is 29.2 Å². The first kappa shape index (κ1) is 28.9. The molecular formula is C30H33N7O4. The Morgan fingerprint density at radius 1 is 1.12 bits per heavy atom. The second-order valence-corrected chi connectivity index (χ2v) is 10.4. The highest BCUT2D eigenvalue weighted by Crippen LogP contribution is 2.30. The van der Waals surface area contributed by atoms with Crippen molar-refractivity contribution in [2.45, 2.75) is 39.3 Å². The van der Waals surface area contributed by atoms with Crippen molar-refractivity contribution < 1.29 is 19.1 Å². The predicted octanol–water partition coefficient (Wildman–Crippen LogP) is 4.16. The molecule has 1 atom stereocenters. The highest BCUT2D eigenvalue weighted by Gasteiger charge is 2.20. The molecule has 11 heteroatoms. The van der Waals surface area contributed by atoms with Gasteiger partial charge < -0.3 is 25.4 Å². The third kappa shape index (κ3) is 8.19. The van der Waals surface area contributed by atoms with Crippen LogP contribution in [0.4, 0.5) is 16.4 Å². The van der Waals surface area contributed by atoms with E-state index in [1.807, 2.05) is 49.6 Å². The summed E-state index contributed by atoms with van der Waals surface area (Å²) < 4.78 is 12.9. The molecule has 0 radical (unpaired) electrons. The molecule has 2 aromatic heterocycles. The summed E-state index contributed by atoms with van der Waals surface area (Å²) >= 11 is 0. The summed E-state index contributed by atoms with van der Waals surface area (Å²) in [5.74, 6) is 3.25. The van der Waals surface area contributed by atoms with Gasteiger partial charge in [0, 0.05) is 47.7 Å². The molecule has 212 valence electrons. The summed E-state index contributed by atoms with van der Waals surface area (Å²) in [6.07, 6.45) is 10.2. The number of benzene rings is 2. The number of anilines is 2. The highest BCUT2D eigenvalue weighted by molar-refractivity contribution is 5.85. The van der Waals surface area contributed by atoms with Gasteiger partial charge in [-0.15, -0.1) is 6.42 Å². The molecule has 0 saturated carbocycles. The van der Waals surface area contributed by atoms with E-state index < -0.39 is 17.7 Å². The van der Waals surface area contributed by atoms with Gasteiger partial charge >= 0.3 is 6.09 Å². The third-order valence-electron chi connectivity index (χ3n) is 5.74. The summed E-state index contributed by atoms with van der Waals surface area (Å²) in [6, 6.07) is 10.4. The van der Waals surface area contributed by atoms with Gasteiger partial charge in [0.2, 0.25) is 11.9 Å². The number of carbonyl (C=O) groups excluding carboxylic acids is 2. The molecule has 4 rings (SSSR count). The molecule has 0 aliphatic heterocycles. The SMILES string of the molecule is C#Cc1ccc2nc(Nc3cc(OCCNC(=O)[C@@H](C)NC(=O)OC(C)(C)C)cc(-c4cnn(C)c4)c3)ncc2c1. The number of carbonyl (C=O) groups is 2. The van der Waals surface area contributed by atoms with E-state index in [9.17, 15) is 9.59 Å². The zero-order valence-corrected chi connectivity index (χ0v) is 23.7. The Bertz CT molecular complexity index is 1600. The topological polar surface area (TPSA) is 132 Å². The number of alkyl carbamates (subject to hydrolysis) is 1. The third-order valence-corrected chi connectivity index (χ3v) is 5.74. The van der Waals surface area contributed by atoms with Crippen LogP contribution in [0.1, 0.15) is 33.3 Å². The Kier molecular flexibility index (Phi) is 8.72. The van der Waals surface area contributed by atoms with Gasteiger partial charge in [-0.25, -0.2) is 14.8 Å². The van der Waals surface area contributed by atoms with Crippen LogP contribution in [-0.2, 0) is 16.6 Å². The van der Waals surface area contributed by atoms with E-state index in [-0.39, 0.29) is 19.1 Å². The highest BCUT2D eigenvalue weighted by atomic mass is 16.6. The minimum absolute atomic E-state index is 0.199. The first-order valence-corrected chi connectivity index (χ1v) is 13.0. The van der Waals surface area contributed by atoms with Crippen molar-refractivity contribution in [1.29, 1.82) is 0 Å². The lowest BCUT2D eigenvalue weighted by molar-refractivity contribution is -0.122. The molecule has 11 nitrogen and oxygen atoms in total. The van der Waals surface area contributed by atoms with Crippen LogP contribution in [0, 0.1) is 12.3 Å². The quantitative estimate of drug-likeness (QED) is 0.207. The van der Waals surface area contributed by atoms with E-state index in [2.05, 4.69) is 36.9 Å². The van der Waals surface area contributed by atoms with E-state index in [4.69, 9.17) is 15.9 Å². The van der Waals surface area contributed by atoms with Crippen molar-refractivity contribution in [3.63, 3.8) is 0 Å². The van der Waals surface area contributed by atoms with Crippen molar-refractivity contribution in [2.75, 3.05) is 18.5 Å². The number of terminal acetylenes is 1. The van der Waals surface area contributed by atoms with Crippen LogP contribution >= 0.6 is 0 Å². The van der Waals surface area contributed by atoms with E-state index >= 15 is 0 Å². The number of nitrogens with one attached hydrogen (secondary N) is 3. The van der Waals surface area contributed by atoms with Gasteiger partial charge in [-0.2, -0.15) is 5.10 Å². The monoisotopic (exact) mass is 555 g/mol. The van der Waals surface area contributed by atoms with E-state index in [1.54, 1.807) is 44.8 Å². The molecular weight excluding hydrogens is 522 g/mol. The summed E-state index contributed by atoms with van der Waals surface area (Å²) in [5.41, 5.74) is 3.35. The van der Waals surface area contributed by atoms with Gasteiger partial charge in [0.05, 0.1) is 18.3 Å². The van der Waals surface area contributed by atoms with Crippen molar-refractivity contribution in [3.05, 3.63) is 60.6 Å².